The molecule has 0 heterocycles. The smallest absolute Gasteiger partial charge is 0.217 e. The molecule has 0 saturated carbocycles. The average Bonchev–Trinajstić information content (AvgIpc) is 1.86. The van der Waals surface area contributed by atoms with Crippen molar-refractivity contribution in [3.63, 3.8) is 0 Å². The number of carbonyl (C=O) groups is 2. The van der Waals surface area contributed by atoms with E-state index in [0.717, 1.165) is 0 Å². The molecule has 4 heteroatoms. The summed E-state index contributed by atoms with van der Waals surface area (Å²) in [5, 5.41) is 10.9. The van der Waals surface area contributed by atoms with E-state index in [1.165, 1.54) is 13.8 Å². The second-order valence-electron chi connectivity index (χ2n) is 2.38. The highest BCUT2D eigenvalue weighted by Gasteiger charge is 2.13. The maximum atomic E-state index is 10.7. The first-order chi connectivity index (χ1) is 5.07. The highest BCUT2D eigenvalue weighted by atomic mass is 16.3. The third-order valence-electron chi connectivity index (χ3n) is 1.29. The van der Waals surface area contributed by atoms with E-state index < -0.39 is 6.04 Å². The van der Waals surface area contributed by atoms with E-state index >= 15 is 0 Å². The first kappa shape index (κ1) is 10.1. The second kappa shape index (κ2) is 4.85. The van der Waals surface area contributed by atoms with Crippen molar-refractivity contribution in [3.8, 4) is 0 Å². The topological polar surface area (TPSA) is 66.4 Å². The number of carbonyl (C=O) groups excluding carboxylic acids is 2. The van der Waals surface area contributed by atoms with Gasteiger partial charge in [-0.2, -0.15) is 0 Å². The molecule has 0 spiro atoms. The summed E-state index contributed by atoms with van der Waals surface area (Å²) in [7, 11) is 0. The molecule has 0 saturated heterocycles. The van der Waals surface area contributed by atoms with Gasteiger partial charge in [-0.15, -0.1) is 0 Å². The third-order valence-corrected chi connectivity index (χ3v) is 1.29. The van der Waals surface area contributed by atoms with Crippen molar-refractivity contribution in [1.82, 2.24) is 5.32 Å². The summed E-state index contributed by atoms with van der Waals surface area (Å²) in [6.07, 6.45) is 0.287. The molecular formula is C7H13NO3. The van der Waals surface area contributed by atoms with Crippen LogP contribution in [0.15, 0.2) is 0 Å². The normalized spacial score (nSPS) is 12.3. The van der Waals surface area contributed by atoms with Crippen molar-refractivity contribution in [1.29, 1.82) is 0 Å². The fourth-order valence-corrected chi connectivity index (χ4v) is 0.752. The largest absolute Gasteiger partial charge is 0.396 e. The Balaban J connectivity index is 3.89. The van der Waals surface area contributed by atoms with Gasteiger partial charge in [0.25, 0.3) is 0 Å². The number of rotatable bonds is 4. The molecule has 1 unspecified atom stereocenters. The summed E-state index contributed by atoms with van der Waals surface area (Å²) >= 11 is 0. The van der Waals surface area contributed by atoms with Crippen molar-refractivity contribution in [2.75, 3.05) is 6.61 Å². The van der Waals surface area contributed by atoms with Crippen molar-refractivity contribution >= 4 is 11.7 Å². The quantitative estimate of drug-likeness (QED) is 0.579. The number of Topliss-reactive ketones (excluding diaryl/α,β-unsaturated/α-hetero) is 1. The van der Waals surface area contributed by atoms with Crippen molar-refractivity contribution in [3.05, 3.63) is 0 Å². The molecule has 11 heavy (non-hydrogen) atoms. The molecule has 1 atom stereocenters. The SMILES string of the molecule is CC(=O)NC(CCO)C(C)=O. The van der Waals surface area contributed by atoms with Gasteiger partial charge in [0.2, 0.25) is 5.91 Å². The van der Waals surface area contributed by atoms with Gasteiger partial charge < -0.3 is 10.4 Å². The molecule has 0 rings (SSSR count). The second-order valence-corrected chi connectivity index (χ2v) is 2.38. The Bertz CT molecular complexity index is 156. The van der Waals surface area contributed by atoms with Gasteiger partial charge in [0, 0.05) is 13.5 Å². The highest BCUT2D eigenvalue weighted by molar-refractivity contribution is 5.86. The zero-order valence-corrected chi connectivity index (χ0v) is 6.76. The van der Waals surface area contributed by atoms with Crippen LogP contribution in [-0.2, 0) is 9.59 Å². The molecule has 0 aliphatic rings. The van der Waals surface area contributed by atoms with Crippen LogP contribution in [-0.4, -0.2) is 29.4 Å². The number of nitrogens with one attached hydrogen (secondary N) is 1. The Kier molecular flexibility index (Phi) is 4.45. The standard InChI is InChI=1S/C7H13NO3/c1-5(10)7(3-4-9)8-6(2)11/h7,9H,3-4H2,1-2H3,(H,8,11). The van der Waals surface area contributed by atoms with Crippen LogP contribution in [0.25, 0.3) is 0 Å². The maximum Gasteiger partial charge on any atom is 0.217 e. The van der Waals surface area contributed by atoms with E-state index in [-0.39, 0.29) is 24.7 Å². The molecule has 0 radical (unpaired) electrons. The fourth-order valence-electron chi connectivity index (χ4n) is 0.752. The molecule has 0 bridgehead atoms. The number of amides is 1. The Morgan fingerprint density at radius 1 is 1.45 bits per heavy atom. The van der Waals surface area contributed by atoms with Gasteiger partial charge in [-0.1, -0.05) is 0 Å². The van der Waals surface area contributed by atoms with Gasteiger partial charge in [-0.05, 0) is 13.3 Å². The zero-order valence-electron chi connectivity index (χ0n) is 6.76. The van der Waals surface area contributed by atoms with E-state index in [2.05, 4.69) is 5.32 Å². The van der Waals surface area contributed by atoms with Crippen LogP contribution in [0.2, 0.25) is 0 Å². The lowest BCUT2D eigenvalue weighted by Gasteiger charge is -2.12. The molecule has 0 aromatic heterocycles. The van der Waals surface area contributed by atoms with Crippen LogP contribution >= 0.6 is 0 Å². The summed E-state index contributed by atoms with van der Waals surface area (Å²) in [4.78, 5) is 21.2. The lowest BCUT2D eigenvalue weighted by Crippen LogP contribution is -2.39. The minimum absolute atomic E-state index is 0.0927. The molecule has 0 aliphatic carbocycles. The number of aliphatic hydroxyl groups excluding tert-OH is 1. The molecular weight excluding hydrogens is 146 g/mol. The Morgan fingerprint density at radius 2 is 2.00 bits per heavy atom. The van der Waals surface area contributed by atoms with Crippen LogP contribution in [0.5, 0.6) is 0 Å². The molecule has 4 nitrogen and oxygen atoms in total. The average molecular weight is 159 g/mol. The van der Waals surface area contributed by atoms with Gasteiger partial charge in [-0.3, -0.25) is 9.59 Å². The molecule has 0 aromatic rings. The monoisotopic (exact) mass is 159 g/mol. The molecule has 1 amide bonds. The lowest BCUT2D eigenvalue weighted by molar-refractivity contribution is -0.125. The van der Waals surface area contributed by atoms with Crippen molar-refractivity contribution < 1.29 is 14.7 Å². The summed E-state index contributed by atoms with van der Waals surface area (Å²) in [6.45, 7) is 2.63. The Hall–Kier alpha value is -0.900. The van der Waals surface area contributed by atoms with Gasteiger partial charge in [-0.25, -0.2) is 0 Å². The van der Waals surface area contributed by atoms with E-state index in [1.807, 2.05) is 0 Å². The Labute approximate surface area is 65.6 Å². The van der Waals surface area contributed by atoms with E-state index in [9.17, 15) is 9.59 Å². The first-order valence-electron chi connectivity index (χ1n) is 3.46. The molecule has 2 N–H and O–H groups in total. The minimum atomic E-state index is -0.530. The number of hydrogen-bond donors (Lipinski definition) is 2. The minimum Gasteiger partial charge on any atom is -0.396 e. The predicted molar refractivity (Wildman–Crippen MR) is 40.0 cm³/mol. The molecule has 0 aromatic carbocycles. The summed E-state index contributed by atoms with van der Waals surface area (Å²) in [5.41, 5.74) is 0. The van der Waals surface area contributed by atoms with Crippen molar-refractivity contribution in [2.45, 2.75) is 26.3 Å². The third kappa shape index (κ3) is 4.50. The van der Waals surface area contributed by atoms with Crippen LogP contribution in [0, 0.1) is 0 Å². The van der Waals surface area contributed by atoms with Crippen LogP contribution in [0.1, 0.15) is 20.3 Å². The number of ketones is 1. The first-order valence-corrected chi connectivity index (χ1v) is 3.46. The predicted octanol–water partition coefficient (Wildman–Crippen LogP) is -0.537. The van der Waals surface area contributed by atoms with Crippen LogP contribution < -0.4 is 5.32 Å². The van der Waals surface area contributed by atoms with Gasteiger partial charge in [0.05, 0.1) is 6.04 Å². The van der Waals surface area contributed by atoms with Gasteiger partial charge in [0.1, 0.15) is 0 Å². The van der Waals surface area contributed by atoms with E-state index in [1.54, 1.807) is 0 Å². The summed E-state index contributed by atoms with van der Waals surface area (Å²) in [5.74, 6) is -0.382. The van der Waals surface area contributed by atoms with Crippen molar-refractivity contribution in [2.24, 2.45) is 0 Å². The molecule has 0 aliphatic heterocycles. The van der Waals surface area contributed by atoms with Crippen LogP contribution in [0.4, 0.5) is 0 Å². The highest BCUT2D eigenvalue weighted by Crippen LogP contribution is 1.91. The summed E-state index contributed by atoms with van der Waals surface area (Å²) in [6, 6.07) is -0.530. The molecule has 0 fully saturated rings. The molecule has 64 valence electrons. The number of aliphatic hydroxyl groups is 1. The fraction of sp³-hybridized carbons (Fsp3) is 0.714. The maximum absolute atomic E-state index is 10.7. The van der Waals surface area contributed by atoms with E-state index in [4.69, 9.17) is 5.11 Å². The Morgan fingerprint density at radius 3 is 2.27 bits per heavy atom. The van der Waals surface area contributed by atoms with Crippen LogP contribution in [0.3, 0.4) is 0 Å². The van der Waals surface area contributed by atoms with Gasteiger partial charge >= 0.3 is 0 Å². The van der Waals surface area contributed by atoms with Gasteiger partial charge in [0.15, 0.2) is 5.78 Å². The number of hydrogen-bond acceptors (Lipinski definition) is 3. The lowest BCUT2D eigenvalue weighted by atomic mass is 10.1. The summed E-state index contributed by atoms with van der Waals surface area (Å²) < 4.78 is 0. The van der Waals surface area contributed by atoms with E-state index in [0.29, 0.717) is 0 Å². The zero-order chi connectivity index (χ0) is 8.85.